The Morgan fingerprint density at radius 3 is 1.76 bits per heavy atom. The number of ether oxygens (including phenoxy) is 1. The third kappa shape index (κ3) is 8.20. The SMILES string of the molecule is COC(=O)c1cccc(O)c1C(=O)c1c(O)cc(C(=O)N[C@H]2CNC[C@@H]2NC(=O)c2ccc(O)cc2)cc1O.O=C(O)C(F)(F)F. The highest BCUT2D eigenvalue weighted by Gasteiger charge is 2.38. The van der Waals surface area contributed by atoms with Crippen LogP contribution in [0.15, 0.2) is 54.6 Å². The molecule has 1 aliphatic rings. The minimum atomic E-state index is -5.08. The number of carbonyl (C=O) groups is 5. The summed E-state index contributed by atoms with van der Waals surface area (Å²) in [5.74, 6) is -7.91. The van der Waals surface area contributed by atoms with Crippen LogP contribution in [-0.4, -0.2) is 93.5 Å². The quantitative estimate of drug-likeness (QED) is 0.135. The normalized spacial score (nSPS) is 15.6. The van der Waals surface area contributed by atoms with E-state index in [4.69, 9.17) is 9.90 Å². The van der Waals surface area contributed by atoms with Crippen LogP contribution in [0.1, 0.15) is 47.0 Å². The van der Waals surface area contributed by atoms with Crippen molar-refractivity contribution in [2.45, 2.75) is 18.3 Å². The molecule has 0 radical (unpaired) electrons. The molecular formula is C29H26F3N3O11. The number of nitrogens with one attached hydrogen (secondary N) is 3. The van der Waals surface area contributed by atoms with E-state index in [-0.39, 0.29) is 16.9 Å². The van der Waals surface area contributed by atoms with Gasteiger partial charge in [0.05, 0.1) is 30.3 Å². The summed E-state index contributed by atoms with van der Waals surface area (Å²) < 4.78 is 36.4. The molecule has 244 valence electrons. The van der Waals surface area contributed by atoms with Crippen LogP contribution >= 0.6 is 0 Å². The lowest BCUT2D eigenvalue weighted by Crippen LogP contribution is -2.51. The number of aliphatic carboxylic acids is 1. The van der Waals surface area contributed by atoms with Gasteiger partial charge in [-0.1, -0.05) is 6.07 Å². The lowest BCUT2D eigenvalue weighted by molar-refractivity contribution is -0.192. The number of alkyl halides is 3. The molecule has 2 atom stereocenters. The number of benzene rings is 3. The van der Waals surface area contributed by atoms with Crippen LogP contribution in [0.25, 0.3) is 0 Å². The Labute approximate surface area is 257 Å². The second kappa shape index (κ2) is 14.3. The first-order valence-electron chi connectivity index (χ1n) is 13.0. The molecule has 4 rings (SSSR count). The number of carboxylic acid groups (broad SMARTS) is 1. The number of esters is 1. The van der Waals surface area contributed by atoms with E-state index in [0.29, 0.717) is 18.7 Å². The molecule has 0 aliphatic carbocycles. The Bertz CT molecular complexity index is 1640. The van der Waals surface area contributed by atoms with Crippen molar-refractivity contribution in [2.75, 3.05) is 20.2 Å². The first-order chi connectivity index (χ1) is 21.5. The lowest BCUT2D eigenvalue weighted by Gasteiger charge is -2.21. The number of halogens is 3. The molecule has 14 nitrogen and oxygen atoms in total. The molecule has 0 unspecified atom stereocenters. The van der Waals surface area contributed by atoms with E-state index in [1.54, 1.807) is 0 Å². The van der Waals surface area contributed by atoms with E-state index in [0.717, 1.165) is 25.3 Å². The van der Waals surface area contributed by atoms with Gasteiger partial charge in [0.2, 0.25) is 5.78 Å². The van der Waals surface area contributed by atoms with E-state index in [9.17, 15) is 52.8 Å². The van der Waals surface area contributed by atoms with E-state index in [2.05, 4.69) is 20.7 Å². The Hall–Kier alpha value is -5.84. The summed E-state index contributed by atoms with van der Waals surface area (Å²) in [6.45, 7) is 0.687. The Kier molecular flexibility index (Phi) is 10.8. The minimum absolute atomic E-state index is 0.0166. The van der Waals surface area contributed by atoms with Crippen molar-refractivity contribution in [3.63, 3.8) is 0 Å². The number of carboxylic acids is 1. The van der Waals surface area contributed by atoms with Crippen LogP contribution in [0, 0.1) is 0 Å². The number of phenolic OH excluding ortho intramolecular Hbond substituents is 4. The predicted molar refractivity (Wildman–Crippen MR) is 150 cm³/mol. The summed E-state index contributed by atoms with van der Waals surface area (Å²) in [5.41, 5.74) is -1.25. The summed E-state index contributed by atoms with van der Waals surface area (Å²) in [5, 5.41) is 56.5. The molecule has 1 saturated heterocycles. The van der Waals surface area contributed by atoms with E-state index < -0.39 is 76.2 Å². The van der Waals surface area contributed by atoms with Gasteiger partial charge in [-0.05, 0) is 48.5 Å². The molecule has 0 saturated carbocycles. The van der Waals surface area contributed by atoms with Crippen LogP contribution < -0.4 is 16.0 Å². The summed E-state index contributed by atoms with van der Waals surface area (Å²) in [7, 11) is 1.09. The Morgan fingerprint density at radius 2 is 1.28 bits per heavy atom. The maximum Gasteiger partial charge on any atom is 0.490 e. The van der Waals surface area contributed by atoms with Gasteiger partial charge in [0.1, 0.15) is 28.6 Å². The zero-order valence-electron chi connectivity index (χ0n) is 23.6. The molecule has 0 aromatic heterocycles. The fourth-order valence-electron chi connectivity index (χ4n) is 4.26. The molecule has 8 N–H and O–H groups in total. The maximum atomic E-state index is 13.1. The van der Waals surface area contributed by atoms with Gasteiger partial charge in [-0.2, -0.15) is 13.2 Å². The molecule has 1 aliphatic heterocycles. The van der Waals surface area contributed by atoms with Gasteiger partial charge >= 0.3 is 18.1 Å². The minimum Gasteiger partial charge on any atom is -0.508 e. The van der Waals surface area contributed by atoms with Crippen LogP contribution in [0.5, 0.6) is 23.0 Å². The first-order valence-corrected chi connectivity index (χ1v) is 13.0. The topological polar surface area (TPSA) is 232 Å². The van der Waals surface area contributed by atoms with Crippen molar-refractivity contribution in [3.05, 3.63) is 82.4 Å². The lowest BCUT2D eigenvalue weighted by atomic mass is 9.95. The summed E-state index contributed by atoms with van der Waals surface area (Å²) >= 11 is 0. The molecule has 3 aromatic carbocycles. The number of amides is 2. The number of hydrogen-bond acceptors (Lipinski definition) is 11. The maximum absolute atomic E-state index is 13.1. The van der Waals surface area contributed by atoms with Crippen molar-refractivity contribution in [1.82, 2.24) is 16.0 Å². The number of rotatable bonds is 7. The van der Waals surface area contributed by atoms with Gasteiger partial charge < -0.3 is 46.2 Å². The van der Waals surface area contributed by atoms with Gasteiger partial charge in [-0.15, -0.1) is 0 Å². The molecule has 0 spiro atoms. The fraction of sp³-hybridized carbons (Fsp3) is 0.207. The summed E-state index contributed by atoms with van der Waals surface area (Å²) in [4.78, 5) is 59.6. The van der Waals surface area contributed by atoms with Crippen LogP contribution in [0.3, 0.4) is 0 Å². The largest absolute Gasteiger partial charge is 0.508 e. The fourth-order valence-corrected chi connectivity index (χ4v) is 4.26. The number of carbonyl (C=O) groups excluding carboxylic acids is 4. The summed E-state index contributed by atoms with van der Waals surface area (Å²) in [6.07, 6.45) is -5.08. The van der Waals surface area contributed by atoms with Gasteiger partial charge in [-0.25, -0.2) is 9.59 Å². The third-order valence-electron chi connectivity index (χ3n) is 6.48. The van der Waals surface area contributed by atoms with Crippen LogP contribution in [0.2, 0.25) is 0 Å². The highest BCUT2D eigenvalue weighted by molar-refractivity contribution is 6.18. The zero-order valence-corrected chi connectivity index (χ0v) is 23.6. The number of hydrogen-bond donors (Lipinski definition) is 8. The van der Waals surface area contributed by atoms with Crippen molar-refractivity contribution >= 4 is 29.5 Å². The van der Waals surface area contributed by atoms with Crippen LogP contribution in [-0.2, 0) is 9.53 Å². The van der Waals surface area contributed by atoms with Gasteiger partial charge in [0, 0.05) is 24.2 Å². The molecule has 3 aromatic rings. The van der Waals surface area contributed by atoms with E-state index in [1.165, 1.54) is 36.4 Å². The number of methoxy groups -OCH3 is 1. The van der Waals surface area contributed by atoms with Gasteiger partial charge in [0.15, 0.2) is 0 Å². The number of phenols is 4. The van der Waals surface area contributed by atoms with Crippen LogP contribution in [0.4, 0.5) is 13.2 Å². The smallest absolute Gasteiger partial charge is 0.490 e. The number of ketones is 1. The Morgan fingerprint density at radius 1 is 0.783 bits per heavy atom. The number of aromatic hydroxyl groups is 4. The average Bonchev–Trinajstić information content (AvgIpc) is 3.42. The second-order valence-corrected chi connectivity index (χ2v) is 9.58. The zero-order chi connectivity index (χ0) is 34.3. The van der Waals surface area contributed by atoms with Crippen molar-refractivity contribution in [1.29, 1.82) is 0 Å². The highest BCUT2D eigenvalue weighted by Crippen LogP contribution is 2.34. The third-order valence-corrected chi connectivity index (χ3v) is 6.48. The molecule has 1 fully saturated rings. The second-order valence-electron chi connectivity index (χ2n) is 9.58. The average molecular weight is 650 g/mol. The molecule has 17 heteroatoms. The van der Waals surface area contributed by atoms with Gasteiger partial charge in [0.25, 0.3) is 11.8 Å². The molecular weight excluding hydrogens is 623 g/mol. The molecule has 1 heterocycles. The van der Waals surface area contributed by atoms with E-state index >= 15 is 0 Å². The van der Waals surface area contributed by atoms with E-state index in [1.807, 2.05) is 0 Å². The standard InChI is InChI=1S/C27H25N3O9.C2HF3O2/c1-39-27(38)16-3-2-4-19(32)22(16)24(35)23-20(33)9-14(10-21(23)34)26(37)30-18-12-28-11-17(18)29-25(36)13-5-7-15(31)8-6-13;3-2(4,5)1(6)7/h2-10,17-18,28,31-34H,11-12H2,1H3,(H,29,36)(H,30,37);(H,6,7)/t17-,18-;/m0./s1. The van der Waals surface area contributed by atoms with Crippen molar-refractivity contribution in [3.8, 4) is 23.0 Å². The predicted octanol–water partition coefficient (Wildman–Crippen LogP) is 1.66. The first kappa shape index (κ1) is 34.6. The van der Waals surface area contributed by atoms with Gasteiger partial charge in [-0.3, -0.25) is 14.4 Å². The van der Waals surface area contributed by atoms with Crippen molar-refractivity contribution < 1.29 is 67.4 Å². The monoisotopic (exact) mass is 649 g/mol. The molecule has 46 heavy (non-hydrogen) atoms. The molecule has 2 amide bonds. The Balaban J connectivity index is 0.000000738. The summed E-state index contributed by atoms with van der Waals surface area (Å²) in [6, 6.07) is 10.3. The van der Waals surface area contributed by atoms with Crippen molar-refractivity contribution in [2.24, 2.45) is 0 Å². The molecule has 0 bridgehead atoms. The highest BCUT2D eigenvalue weighted by atomic mass is 19.4.